The number of rotatable bonds is 6. The van der Waals surface area contributed by atoms with Crippen LogP contribution >= 0.6 is 35.6 Å². The average Bonchev–Trinajstić information content (AvgIpc) is 3.21. The van der Waals surface area contributed by atoms with E-state index < -0.39 is 0 Å². The van der Waals surface area contributed by atoms with Crippen molar-refractivity contribution in [3.05, 3.63) is 75.5 Å². The fourth-order valence-electron chi connectivity index (χ4n) is 3.39. The van der Waals surface area contributed by atoms with Gasteiger partial charge in [0.25, 0.3) is 5.91 Å². The fraction of sp³-hybridized carbons (Fsp3) is 0.182. The van der Waals surface area contributed by atoms with E-state index in [1.165, 1.54) is 17.8 Å². The SMILES string of the molecule is COCCN1C(=O)/C(=C/c2cn(Cc3c(F)cccc3Cl)c3ccccc23)SC1=S. The quantitative estimate of drug-likeness (QED) is 0.368. The summed E-state index contributed by atoms with van der Waals surface area (Å²) < 4.78 is 21.8. The summed E-state index contributed by atoms with van der Waals surface area (Å²) in [5.41, 5.74) is 2.22. The van der Waals surface area contributed by atoms with Crippen LogP contribution in [0.5, 0.6) is 0 Å². The second kappa shape index (κ2) is 8.89. The highest BCUT2D eigenvalue weighted by atomic mass is 35.5. The van der Waals surface area contributed by atoms with Crippen LogP contribution in [0.25, 0.3) is 17.0 Å². The van der Waals surface area contributed by atoms with Gasteiger partial charge in [0.05, 0.1) is 24.6 Å². The zero-order valence-electron chi connectivity index (χ0n) is 16.1. The molecule has 1 aliphatic rings. The zero-order chi connectivity index (χ0) is 21.3. The molecule has 0 radical (unpaired) electrons. The molecule has 2 aromatic carbocycles. The number of amides is 1. The van der Waals surface area contributed by atoms with Gasteiger partial charge >= 0.3 is 0 Å². The summed E-state index contributed by atoms with van der Waals surface area (Å²) in [4.78, 5) is 14.9. The zero-order valence-corrected chi connectivity index (χ0v) is 18.5. The molecule has 154 valence electrons. The maximum Gasteiger partial charge on any atom is 0.266 e. The molecule has 0 saturated carbocycles. The Hall–Kier alpha value is -2.19. The lowest BCUT2D eigenvalue weighted by atomic mass is 10.1. The van der Waals surface area contributed by atoms with E-state index in [1.54, 1.807) is 24.1 Å². The highest BCUT2D eigenvalue weighted by Crippen LogP contribution is 2.34. The van der Waals surface area contributed by atoms with E-state index in [2.05, 4.69) is 0 Å². The number of hydrogen-bond donors (Lipinski definition) is 0. The van der Waals surface area contributed by atoms with Crippen LogP contribution < -0.4 is 0 Å². The highest BCUT2D eigenvalue weighted by molar-refractivity contribution is 8.26. The van der Waals surface area contributed by atoms with E-state index in [1.807, 2.05) is 41.1 Å². The molecule has 0 N–H and O–H groups in total. The summed E-state index contributed by atoms with van der Waals surface area (Å²) in [7, 11) is 1.59. The molecule has 4 nitrogen and oxygen atoms in total. The number of aromatic nitrogens is 1. The minimum Gasteiger partial charge on any atom is -0.383 e. The molecule has 4 rings (SSSR count). The van der Waals surface area contributed by atoms with Crippen LogP contribution in [0.2, 0.25) is 5.02 Å². The van der Waals surface area contributed by atoms with Gasteiger partial charge in [-0.15, -0.1) is 0 Å². The van der Waals surface area contributed by atoms with Gasteiger partial charge < -0.3 is 9.30 Å². The Labute approximate surface area is 188 Å². The molecule has 0 aliphatic carbocycles. The summed E-state index contributed by atoms with van der Waals surface area (Å²) in [6, 6.07) is 12.5. The van der Waals surface area contributed by atoms with Gasteiger partial charge in [-0.1, -0.05) is 59.8 Å². The molecule has 30 heavy (non-hydrogen) atoms. The lowest BCUT2D eigenvalue weighted by molar-refractivity contribution is -0.122. The van der Waals surface area contributed by atoms with Crippen molar-refractivity contribution in [3.63, 3.8) is 0 Å². The van der Waals surface area contributed by atoms with Gasteiger partial charge in [-0.3, -0.25) is 9.69 Å². The number of fused-ring (bicyclic) bond motifs is 1. The van der Waals surface area contributed by atoms with Crippen molar-refractivity contribution in [1.29, 1.82) is 0 Å². The maximum absolute atomic E-state index is 14.3. The third-order valence-electron chi connectivity index (χ3n) is 4.89. The molecular weight excluding hydrogens is 443 g/mol. The summed E-state index contributed by atoms with van der Waals surface area (Å²) in [6.07, 6.45) is 3.75. The summed E-state index contributed by atoms with van der Waals surface area (Å²) >= 11 is 12.9. The largest absolute Gasteiger partial charge is 0.383 e. The Kier molecular flexibility index (Phi) is 6.24. The number of ether oxygens (including phenoxy) is 1. The van der Waals surface area contributed by atoms with Crippen LogP contribution in [0.4, 0.5) is 4.39 Å². The van der Waals surface area contributed by atoms with Crippen LogP contribution in [-0.2, 0) is 16.1 Å². The molecular formula is C22H18ClFN2O2S2. The first kappa shape index (κ1) is 21.1. The molecule has 1 aliphatic heterocycles. The molecule has 0 bridgehead atoms. The number of hydrogen-bond acceptors (Lipinski definition) is 4. The number of halogens is 2. The first-order valence-electron chi connectivity index (χ1n) is 9.24. The predicted molar refractivity (Wildman–Crippen MR) is 124 cm³/mol. The third-order valence-corrected chi connectivity index (χ3v) is 6.62. The molecule has 8 heteroatoms. The van der Waals surface area contributed by atoms with E-state index in [0.29, 0.717) is 33.0 Å². The van der Waals surface area contributed by atoms with E-state index in [9.17, 15) is 9.18 Å². The Balaban J connectivity index is 1.72. The van der Waals surface area contributed by atoms with Crippen LogP contribution in [0.1, 0.15) is 11.1 Å². The maximum atomic E-state index is 14.3. The molecule has 0 atom stereocenters. The summed E-state index contributed by atoms with van der Waals surface area (Å²) in [5, 5.41) is 1.35. The monoisotopic (exact) mass is 460 g/mol. The molecule has 1 saturated heterocycles. The van der Waals surface area contributed by atoms with E-state index in [4.69, 9.17) is 28.6 Å². The molecule has 3 aromatic rings. The van der Waals surface area contributed by atoms with Gasteiger partial charge in [-0.05, 0) is 24.3 Å². The predicted octanol–water partition coefficient (Wildman–Crippen LogP) is 5.33. The van der Waals surface area contributed by atoms with E-state index in [-0.39, 0.29) is 18.3 Å². The number of nitrogens with zero attached hydrogens (tertiary/aromatic N) is 2. The van der Waals surface area contributed by atoms with Gasteiger partial charge in [-0.25, -0.2) is 4.39 Å². The van der Waals surface area contributed by atoms with Crippen LogP contribution in [0.15, 0.2) is 53.6 Å². The van der Waals surface area contributed by atoms with E-state index >= 15 is 0 Å². The minimum atomic E-state index is -0.346. The second-order valence-electron chi connectivity index (χ2n) is 6.76. The topological polar surface area (TPSA) is 34.5 Å². The summed E-state index contributed by atoms with van der Waals surface area (Å²) in [5.74, 6) is -0.475. The molecule has 1 aromatic heterocycles. The smallest absolute Gasteiger partial charge is 0.266 e. The lowest BCUT2D eigenvalue weighted by Crippen LogP contribution is -2.31. The summed E-state index contributed by atoms with van der Waals surface area (Å²) in [6.45, 7) is 1.13. The number of carbonyl (C=O) groups excluding carboxylic acids is 1. The number of carbonyl (C=O) groups is 1. The number of para-hydroxylation sites is 1. The second-order valence-corrected chi connectivity index (χ2v) is 8.84. The molecule has 0 unspecified atom stereocenters. The van der Waals surface area contributed by atoms with Crippen molar-refractivity contribution >= 4 is 62.8 Å². The molecule has 2 heterocycles. The first-order chi connectivity index (χ1) is 14.5. The van der Waals surface area contributed by atoms with Gasteiger partial charge in [0.15, 0.2) is 0 Å². The number of thiocarbonyl (C=S) groups is 1. The van der Waals surface area contributed by atoms with Crippen molar-refractivity contribution in [2.75, 3.05) is 20.3 Å². The fourth-order valence-corrected chi connectivity index (χ4v) is 4.91. The number of benzene rings is 2. The Bertz CT molecular complexity index is 1150. The van der Waals surface area contributed by atoms with Crippen molar-refractivity contribution in [2.45, 2.75) is 6.54 Å². The average molecular weight is 461 g/mol. The Morgan fingerprint density at radius 1 is 1.23 bits per heavy atom. The van der Waals surface area contributed by atoms with Crippen molar-refractivity contribution in [2.24, 2.45) is 0 Å². The van der Waals surface area contributed by atoms with E-state index in [0.717, 1.165) is 16.5 Å². The van der Waals surface area contributed by atoms with Crippen LogP contribution in [-0.4, -0.2) is 40.0 Å². The standard InChI is InChI=1S/C22H18ClFN2O2S2/c1-28-10-9-26-21(27)20(30-22(26)29)11-14-12-25(19-8-3-2-5-15(14)19)13-16-17(23)6-4-7-18(16)24/h2-8,11-12H,9-10,13H2,1H3/b20-11-. The van der Waals surface area contributed by atoms with Crippen molar-refractivity contribution in [1.82, 2.24) is 9.47 Å². The molecule has 0 spiro atoms. The van der Waals surface area contributed by atoms with Gasteiger partial charge in [-0.2, -0.15) is 0 Å². The van der Waals surface area contributed by atoms with Crippen LogP contribution in [0.3, 0.4) is 0 Å². The van der Waals surface area contributed by atoms with Gasteiger partial charge in [0, 0.05) is 40.4 Å². The molecule has 1 fully saturated rings. The van der Waals surface area contributed by atoms with Gasteiger partial charge in [0.1, 0.15) is 10.1 Å². The highest BCUT2D eigenvalue weighted by Gasteiger charge is 2.31. The van der Waals surface area contributed by atoms with Crippen molar-refractivity contribution < 1.29 is 13.9 Å². The number of methoxy groups -OCH3 is 1. The first-order valence-corrected chi connectivity index (χ1v) is 10.8. The van der Waals surface area contributed by atoms with Crippen molar-refractivity contribution in [3.8, 4) is 0 Å². The number of thioether (sulfide) groups is 1. The third kappa shape index (κ3) is 4.03. The Morgan fingerprint density at radius 2 is 2.03 bits per heavy atom. The minimum absolute atomic E-state index is 0.129. The van der Waals surface area contributed by atoms with Crippen LogP contribution in [0, 0.1) is 5.82 Å². The lowest BCUT2D eigenvalue weighted by Gasteiger charge is -2.12. The Morgan fingerprint density at radius 3 is 2.80 bits per heavy atom. The molecule has 1 amide bonds. The van der Waals surface area contributed by atoms with Gasteiger partial charge in [0.2, 0.25) is 0 Å². The normalized spacial score (nSPS) is 15.7.